The molecule has 0 atom stereocenters. The number of rotatable bonds is 4. The van der Waals surface area contributed by atoms with Crippen molar-refractivity contribution < 1.29 is 9.59 Å². The molecule has 2 fully saturated rings. The molecule has 0 spiro atoms. The van der Waals surface area contributed by atoms with Crippen LogP contribution >= 0.6 is 0 Å². The molecule has 3 aliphatic heterocycles. The summed E-state index contributed by atoms with van der Waals surface area (Å²) in [6.45, 7) is 12.5. The number of aryl methyl sites for hydroxylation is 1. The maximum Gasteiger partial charge on any atom is 0.267 e. The molecular weight excluding hydrogens is 500 g/mol. The zero-order chi connectivity index (χ0) is 28.2. The number of piperazine rings is 1. The molecule has 0 radical (unpaired) electrons. The van der Waals surface area contributed by atoms with Crippen LogP contribution < -0.4 is 15.5 Å². The average molecular weight is 541 g/mol. The largest absolute Gasteiger partial charge is 0.368 e. The Kier molecular flexibility index (Phi) is 8.35. The van der Waals surface area contributed by atoms with Crippen molar-refractivity contribution in [1.82, 2.24) is 14.8 Å². The maximum atomic E-state index is 12.1. The summed E-state index contributed by atoms with van der Waals surface area (Å²) in [6, 6.07) is 14.6. The van der Waals surface area contributed by atoms with Crippen LogP contribution in [0.5, 0.6) is 0 Å². The summed E-state index contributed by atoms with van der Waals surface area (Å²) in [4.78, 5) is 37.6. The molecule has 40 heavy (non-hydrogen) atoms. The topological polar surface area (TPSA) is 86.0 Å². The van der Waals surface area contributed by atoms with Gasteiger partial charge in [-0.25, -0.2) is 4.98 Å². The summed E-state index contributed by atoms with van der Waals surface area (Å²) in [5, 5.41) is 2.47. The number of nitrogens with two attached hydrogens (primary N) is 1. The van der Waals surface area contributed by atoms with Crippen molar-refractivity contribution in [1.29, 1.82) is 0 Å². The molecule has 6 rings (SSSR count). The number of aromatic nitrogens is 1. The Hall–Kier alpha value is -3.91. The van der Waals surface area contributed by atoms with Gasteiger partial charge in [0.1, 0.15) is 5.69 Å². The Morgan fingerprint density at radius 2 is 1.62 bits per heavy atom. The molecule has 3 aliphatic rings. The fourth-order valence-electron chi connectivity index (χ4n) is 6.07. The van der Waals surface area contributed by atoms with Gasteiger partial charge in [0.15, 0.2) is 0 Å². The van der Waals surface area contributed by atoms with Gasteiger partial charge in [0.2, 0.25) is 5.91 Å². The van der Waals surface area contributed by atoms with Gasteiger partial charge < -0.3 is 25.3 Å². The number of anilines is 2. The smallest absolute Gasteiger partial charge is 0.267 e. The van der Waals surface area contributed by atoms with Gasteiger partial charge in [-0.1, -0.05) is 36.9 Å². The Labute approximate surface area is 237 Å². The number of fused-ring (bicyclic) bond motifs is 2. The van der Waals surface area contributed by atoms with Gasteiger partial charge in [-0.05, 0) is 75.5 Å². The molecule has 2 amide bonds. The first-order valence-corrected chi connectivity index (χ1v) is 14.3. The van der Waals surface area contributed by atoms with E-state index in [1.54, 1.807) is 4.90 Å². The predicted octanol–water partition coefficient (Wildman–Crippen LogP) is 3.75. The van der Waals surface area contributed by atoms with Crippen LogP contribution in [0.1, 0.15) is 40.2 Å². The Morgan fingerprint density at radius 1 is 0.925 bits per heavy atom. The lowest BCUT2D eigenvalue weighted by atomic mass is 9.97. The van der Waals surface area contributed by atoms with Crippen LogP contribution in [-0.4, -0.2) is 79.5 Å². The predicted molar refractivity (Wildman–Crippen MR) is 162 cm³/mol. The van der Waals surface area contributed by atoms with Crippen LogP contribution in [0.4, 0.5) is 11.4 Å². The van der Waals surface area contributed by atoms with Crippen molar-refractivity contribution in [2.24, 2.45) is 5.73 Å². The molecular formula is C32H40N6O2. The van der Waals surface area contributed by atoms with Gasteiger partial charge in [-0.15, -0.1) is 0 Å². The van der Waals surface area contributed by atoms with Crippen molar-refractivity contribution in [2.75, 3.05) is 62.7 Å². The molecule has 8 heteroatoms. The van der Waals surface area contributed by atoms with Gasteiger partial charge in [-0.2, -0.15) is 0 Å². The normalized spacial score (nSPS) is 17.3. The third-order valence-electron chi connectivity index (χ3n) is 8.28. The molecule has 4 heterocycles. The lowest BCUT2D eigenvalue weighted by Crippen LogP contribution is -2.49. The number of amides is 2. The second-order valence-corrected chi connectivity index (χ2v) is 11.0. The van der Waals surface area contributed by atoms with Gasteiger partial charge in [-0.3, -0.25) is 9.59 Å². The minimum absolute atomic E-state index is 0.0461. The second-order valence-electron chi connectivity index (χ2n) is 11.0. The lowest BCUT2D eigenvalue weighted by molar-refractivity contribution is -0.126. The quantitative estimate of drug-likeness (QED) is 0.508. The van der Waals surface area contributed by atoms with Crippen molar-refractivity contribution >= 4 is 34.0 Å². The number of pyridine rings is 1. The van der Waals surface area contributed by atoms with E-state index in [1.807, 2.05) is 6.07 Å². The summed E-state index contributed by atoms with van der Waals surface area (Å²) in [7, 11) is 2.17. The number of hydrogen-bond acceptors (Lipinski definition) is 6. The van der Waals surface area contributed by atoms with E-state index >= 15 is 0 Å². The summed E-state index contributed by atoms with van der Waals surface area (Å²) >= 11 is 0. The lowest BCUT2D eigenvalue weighted by Gasteiger charge is -2.39. The molecule has 0 bridgehead atoms. The van der Waals surface area contributed by atoms with Gasteiger partial charge in [0.05, 0.1) is 12.2 Å². The molecule has 1 aromatic heterocycles. The number of likely N-dealkylation sites (tertiary alicyclic amines) is 1. The first-order valence-electron chi connectivity index (χ1n) is 14.3. The molecule has 2 aromatic carbocycles. The third-order valence-corrected chi connectivity index (χ3v) is 8.28. The fourth-order valence-corrected chi connectivity index (χ4v) is 6.07. The van der Waals surface area contributed by atoms with Gasteiger partial charge in [0.25, 0.3) is 5.91 Å². The van der Waals surface area contributed by atoms with E-state index in [0.29, 0.717) is 32.7 Å². The summed E-state index contributed by atoms with van der Waals surface area (Å²) in [5.74, 6) is -0.571. The SMILES string of the molecule is C=CC(=O)N1CCN(c2cc(C(N)=O)nc3c2CCN(c2cccc4cccc(C)c24)C3)CC1.CN1CCCC1. The summed E-state index contributed by atoms with van der Waals surface area (Å²) in [6.07, 6.45) is 5.01. The van der Waals surface area contributed by atoms with E-state index in [2.05, 4.69) is 76.6 Å². The highest BCUT2D eigenvalue weighted by Crippen LogP contribution is 2.35. The van der Waals surface area contributed by atoms with E-state index in [0.717, 1.165) is 24.3 Å². The first kappa shape index (κ1) is 27.6. The Morgan fingerprint density at radius 3 is 2.25 bits per heavy atom. The second kappa shape index (κ2) is 12.1. The zero-order valence-corrected chi connectivity index (χ0v) is 23.7. The average Bonchev–Trinajstić information content (AvgIpc) is 3.47. The minimum atomic E-state index is -0.525. The van der Waals surface area contributed by atoms with Crippen LogP contribution in [0.3, 0.4) is 0 Å². The van der Waals surface area contributed by atoms with Gasteiger partial charge >= 0.3 is 0 Å². The molecule has 3 aromatic rings. The van der Waals surface area contributed by atoms with E-state index < -0.39 is 5.91 Å². The third kappa shape index (κ3) is 5.82. The zero-order valence-electron chi connectivity index (χ0n) is 23.7. The molecule has 0 aliphatic carbocycles. The van der Waals surface area contributed by atoms with Crippen LogP contribution in [0, 0.1) is 6.92 Å². The highest BCUT2D eigenvalue weighted by Gasteiger charge is 2.28. The van der Waals surface area contributed by atoms with E-state index in [-0.39, 0.29) is 11.6 Å². The summed E-state index contributed by atoms with van der Waals surface area (Å²) in [5.41, 5.74) is 11.5. The fraction of sp³-hybridized carbons (Fsp3) is 0.406. The number of carbonyl (C=O) groups is 2. The Balaban J connectivity index is 0.000000477. The maximum absolute atomic E-state index is 12.1. The molecule has 0 saturated carbocycles. The van der Waals surface area contributed by atoms with Gasteiger partial charge in [0, 0.05) is 55.0 Å². The molecule has 210 valence electrons. The Bertz CT molecular complexity index is 1400. The number of nitrogens with zero attached hydrogens (tertiary/aromatic N) is 5. The highest BCUT2D eigenvalue weighted by atomic mass is 16.2. The number of primary amides is 1. The monoisotopic (exact) mass is 540 g/mol. The van der Waals surface area contributed by atoms with E-state index in [1.165, 1.54) is 59.6 Å². The number of hydrogen-bond donors (Lipinski definition) is 1. The van der Waals surface area contributed by atoms with Crippen LogP contribution in [-0.2, 0) is 17.8 Å². The van der Waals surface area contributed by atoms with Crippen molar-refractivity contribution in [3.8, 4) is 0 Å². The number of carbonyl (C=O) groups excluding carboxylic acids is 2. The standard InChI is InChI=1S/C27H29N5O2.C5H11N/c1-3-25(33)31-14-12-30(13-15-31)24-16-21(27(28)34)29-22-17-32(11-10-20(22)24)23-9-5-8-19-7-4-6-18(2)26(19)23;1-6-4-2-3-5-6/h3-9,16H,1,10-15,17H2,2H3,(H2,28,34);2-5H2,1H3. The highest BCUT2D eigenvalue weighted by molar-refractivity contribution is 5.97. The minimum Gasteiger partial charge on any atom is -0.368 e. The van der Waals surface area contributed by atoms with E-state index in [9.17, 15) is 9.59 Å². The number of benzene rings is 2. The molecule has 0 unspecified atom stereocenters. The van der Waals surface area contributed by atoms with E-state index in [4.69, 9.17) is 5.73 Å². The molecule has 8 nitrogen and oxygen atoms in total. The molecule has 2 N–H and O–H groups in total. The van der Waals surface area contributed by atoms with Crippen molar-refractivity contribution in [2.45, 2.75) is 32.7 Å². The van der Waals surface area contributed by atoms with Crippen LogP contribution in [0.15, 0.2) is 55.1 Å². The summed E-state index contributed by atoms with van der Waals surface area (Å²) < 4.78 is 0. The van der Waals surface area contributed by atoms with Crippen LogP contribution in [0.2, 0.25) is 0 Å². The van der Waals surface area contributed by atoms with Crippen LogP contribution in [0.25, 0.3) is 10.8 Å². The van der Waals surface area contributed by atoms with Crippen molar-refractivity contribution in [3.05, 3.63) is 77.6 Å². The first-order chi connectivity index (χ1) is 19.4. The van der Waals surface area contributed by atoms with Crippen molar-refractivity contribution in [3.63, 3.8) is 0 Å². The molecule has 2 saturated heterocycles.